The molecular weight excluding hydrogens is 665 g/mol. The van der Waals surface area contributed by atoms with Crippen molar-refractivity contribution in [3.05, 3.63) is 170 Å². The maximum atomic E-state index is 6.51. The van der Waals surface area contributed by atoms with Crippen LogP contribution in [0.15, 0.2) is 179 Å². The highest BCUT2D eigenvalue weighted by molar-refractivity contribution is 6.12. The fourth-order valence-corrected chi connectivity index (χ4v) is 7.53. The lowest BCUT2D eigenvalue weighted by atomic mass is 9.96. The largest absolute Gasteiger partial charge is 0.455 e. The third-order valence-electron chi connectivity index (χ3n) is 10.1. The van der Waals surface area contributed by atoms with Crippen LogP contribution in [0.4, 0.5) is 0 Å². The highest BCUT2D eigenvalue weighted by atomic mass is 16.3. The first-order valence-electron chi connectivity index (χ1n) is 17.9. The Morgan fingerprint density at radius 3 is 1.91 bits per heavy atom. The first-order chi connectivity index (χ1) is 26.7. The van der Waals surface area contributed by atoms with E-state index >= 15 is 0 Å². The molecule has 0 aliphatic rings. The Bertz CT molecular complexity index is 3240. The molecule has 11 rings (SSSR count). The van der Waals surface area contributed by atoms with E-state index in [1.165, 1.54) is 0 Å². The number of fused-ring (bicyclic) bond motifs is 7. The van der Waals surface area contributed by atoms with E-state index in [1.54, 1.807) is 0 Å². The molecule has 11 aromatic rings. The second-order valence-electron chi connectivity index (χ2n) is 13.4. The molecule has 0 saturated carbocycles. The number of nitrogens with zero attached hydrogens (tertiary/aromatic N) is 4. The molecule has 0 bridgehead atoms. The van der Waals surface area contributed by atoms with Gasteiger partial charge in [0.05, 0.1) is 5.56 Å². The summed E-state index contributed by atoms with van der Waals surface area (Å²) in [6, 6.07) is 57.7. The van der Waals surface area contributed by atoms with Crippen molar-refractivity contribution in [2.24, 2.45) is 0 Å². The zero-order valence-corrected chi connectivity index (χ0v) is 28.8. The molecule has 0 amide bonds. The summed E-state index contributed by atoms with van der Waals surface area (Å²) in [6.07, 6.45) is 0. The molecule has 54 heavy (non-hydrogen) atoms. The molecule has 0 unspecified atom stereocenters. The molecule has 0 N–H and O–H groups in total. The molecule has 6 heteroatoms. The van der Waals surface area contributed by atoms with Gasteiger partial charge in [0.15, 0.2) is 23.1 Å². The number of rotatable bonds is 5. The van der Waals surface area contributed by atoms with E-state index < -0.39 is 0 Å². The number of furan rings is 1. The van der Waals surface area contributed by atoms with Crippen LogP contribution in [0.5, 0.6) is 0 Å². The normalized spacial score (nSPS) is 11.7. The summed E-state index contributed by atoms with van der Waals surface area (Å²) in [5, 5.41) is 6.42. The van der Waals surface area contributed by atoms with E-state index in [9.17, 15) is 0 Å². The fraction of sp³-hybridized carbons (Fsp3) is 0. The predicted octanol–water partition coefficient (Wildman–Crippen LogP) is 12.6. The van der Waals surface area contributed by atoms with E-state index in [1.807, 2.05) is 78.9 Å². The molecular formula is C48H28N4O2. The van der Waals surface area contributed by atoms with Gasteiger partial charge in [0.1, 0.15) is 16.7 Å². The second kappa shape index (κ2) is 12.1. The van der Waals surface area contributed by atoms with E-state index in [-0.39, 0.29) is 0 Å². The zero-order valence-electron chi connectivity index (χ0n) is 28.8. The topological polar surface area (TPSA) is 77.8 Å². The zero-order chi connectivity index (χ0) is 35.6. The number of oxazole rings is 1. The van der Waals surface area contributed by atoms with Crippen LogP contribution in [0.3, 0.4) is 0 Å². The molecule has 6 nitrogen and oxygen atoms in total. The number of hydrogen-bond acceptors (Lipinski definition) is 6. The quantitative estimate of drug-likeness (QED) is 0.179. The number of aromatic nitrogens is 4. The second-order valence-corrected chi connectivity index (χ2v) is 13.4. The Morgan fingerprint density at radius 2 is 1.00 bits per heavy atom. The molecule has 0 atom stereocenters. The van der Waals surface area contributed by atoms with Crippen molar-refractivity contribution < 1.29 is 8.83 Å². The molecule has 0 fully saturated rings. The average molecular weight is 693 g/mol. The lowest BCUT2D eigenvalue weighted by Gasteiger charge is -2.11. The van der Waals surface area contributed by atoms with Crippen molar-refractivity contribution in [3.8, 4) is 56.7 Å². The summed E-state index contributed by atoms with van der Waals surface area (Å²) in [7, 11) is 0. The van der Waals surface area contributed by atoms with Crippen LogP contribution in [0.1, 0.15) is 0 Å². The van der Waals surface area contributed by atoms with Gasteiger partial charge in [-0.3, -0.25) is 0 Å². The molecule has 3 aromatic heterocycles. The van der Waals surface area contributed by atoms with Crippen LogP contribution < -0.4 is 0 Å². The SMILES string of the molecule is c1ccc(-c2nc3ccc4cccc(-c5cccc(-c6nc(-c7ccc8ccccc8c7)nc(-c7cccc8c7oc7ccccc78)n6)c5)c4c3o2)cc1. The molecule has 3 heterocycles. The Balaban J connectivity index is 1.11. The van der Waals surface area contributed by atoms with Gasteiger partial charge in [0.2, 0.25) is 5.89 Å². The number of hydrogen-bond donors (Lipinski definition) is 0. The summed E-state index contributed by atoms with van der Waals surface area (Å²) >= 11 is 0. The highest BCUT2D eigenvalue weighted by Crippen LogP contribution is 2.39. The van der Waals surface area contributed by atoms with Gasteiger partial charge in [-0.05, 0) is 69.8 Å². The first-order valence-corrected chi connectivity index (χ1v) is 17.9. The predicted molar refractivity (Wildman–Crippen MR) is 217 cm³/mol. The monoisotopic (exact) mass is 692 g/mol. The Hall–Kier alpha value is -7.44. The lowest BCUT2D eigenvalue weighted by molar-refractivity contribution is 0.623. The van der Waals surface area contributed by atoms with Crippen LogP contribution in [-0.2, 0) is 0 Å². The Labute approximate surface area is 309 Å². The highest BCUT2D eigenvalue weighted by Gasteiger charge is 2.19. The van der Waals surface area contributed by atoms with E-state index in [4.69, 9.17) is 28.8 Å². The van der Waals surface area contributed by atoms with Gasteiger partial charge < -0.3 is 8.83 Å². The van der Waals surface area contributed by atoms with Gasteiger partial charge in [-0.25, -0.2) is 19.9 Å². The van der Waals surface area contributed by atoms with Crippen molar-refractivity contribution in [2.45, 2.75) is 0 Å². The maximum absolute atomic E-state index is 6.51. The minimum atomic E-state index is 0.542. The molecule has 252 valence electrons. The van der Waals surface area contributed by atoms with Crippen molar-refractivity contribution in [1.82, 2.24) is 19.9 Å². The summed E-state index contributed by atoms with van der Waals surface area (Å²) < 4.78 is 13.0. The van der Waals surface area contributed by atoms with Gasteiger partial charge in [-0.1, -0.05) is 127 Å². The van der Waals surface area contributed by atoms with Crippen molar-refractivity contribution in [1.29, 1.82) is 0 Å². The smallest absolute Gasteiger partial charge is 0.227 e. The minimum Gasteiger partial charge on any atom is -0.455 e. The van der Waals surface area contributed by atoms with Crippen LogP contribution in [0.2, 0.25) is 0 Å². The average Bonchev–Trinajstić information content (AvgIpc) is 3.86. The summed E-state index contributed by atoms with van der Waals surface area (Å²) in [6.45, 7) is 0. The Morgan fingerprint density at radius 1 is 0.352 bits per heavy atom. The molecule has 0 radical (unpaired) electrons. The maximum Gasteiger partial charge on any atom is 0.227 e. The first kappa shape index (κ1) is 30.2. The fourth-order valence-electron chi connectivity index (χ4n) is 7.53. The third-order valence-corrected chi connectivity index (χ3v) is 10.1. The van der Waals surface area contributed by atoms with Crippen molar-refractivity contribution in [3.63, 3.8) is 0 Å². The van der Waals surface area contributed by atoms with E-state index in [0.29, 0.717) is 23.4 Å². The van der Waals surface area contributed by atoms with Crippen LogP contribution >= 0.6 is 0 Å². The van der Waals surface area contributed by atoms with Crippen LogP contribution in [-0.4, -0.2) is 19.9 Å². The molecule has 0 aliphatic carbocycles. The van der Waals surface area contributed by atoms with E-state index in [2.05, 4.69) is 91.0 Å². The van der Waals surface area contributed by atoms with Gasteiger partial charge in [0.25, 0.3) is 0 Å². The lowest BCUT2D eigenvalue weighted by Crippen LogP contribution is -2.00. The molecule has 0 saturated heterocycles. The van der Waals surface area contributed by atoms with Crippen LogP contribution in [0, 0.1) is 0 Å². The molecule has 8 aromatic carbocycles. The minimum absolute atomic E-state index is 0.542. The number of para-hydroxylation sites is 2. The van der Waals surface area contributed by atoms with Crippen LogP contribution in [0.25, 0.3) is 111 Å². The molecule has 0 aliphatic heterocycles. The van der Waals surface area contributed by atoms with Gasteiger partial charge >= 0.3 is 0 Å². The van der Waals surface area contributed by atoms with E-state index in [0.717, 1.165) is 88.0 Å². The van der Waals surface area contributed by atoms with Gasteiger partial charge in [-0.15, -0.1) is 0 Å². The summed E-state index contributed by atoms with van der Waals surface area (Å²) in [5.74, 6) is 2.29. The van der Waals surface area contributed by atoms with Crippen molar-refractivity contribution >= 4 is 54.6 Å². The van der Waals surface area contributed by atoms with Gasteiger partial charge in [-0.2, -0.15) is 0 Å². The summed E-state index contributed by atoms with van der Waals surface area (Å²) in [5.41, 5.74) is 8.69. The standard InChI is InChI=1S/C48H28N4O2/c1-2-12-31(13-3-1)48-49-40-26-25-30-15-9-19-36(42(30)44(40)54-48)33-16-8-17-34(28-33)45-50-46(35-24-23-29-11-4-5-14-32(29)27-35)52-47(51-45)39-21-10-20-38-37-18-6-7-22-41(37)53-43(38)39/h1-28H. The molecule has 0 spiro atoms. The third kappa shape index (κ3) is 4.96. The Kier molecular flexibility index (Phi) is 6.75. The number of benzene rings is 8. The van der Waals surface area contributed by atoms with Crippen molar-refractivity contribution in [2.75, 3.05) is 0 Å². The summed E-state index contributed by atoms with van der Waals surface area (Å²) in [4.78, 5) is 20.3. The van der Waals surface area contributed by atoms with Gasteiger partial charge in [0, 0.05) is 32.8 Å².